The summed E-state index contributed by atoms with van der Waals surface area (Å²) in [6, 6.07) is 14.7. The van der Waals surface area contributed by atoms with Crippen LogP contribution in [0.4, 0.5) is 4.39 Å². The molecular weight excluding hydrogens is 379 g/mol. The number of nitrogens with zero attached hydrogens (tertiary/aromatic N) is 1. The molecule has 0 aliphatic carbocycles. The largest absolute Gasteiger partial charge is 0.301 e. The number of thiophene rings is 1. The predicted octanol–water partition coefficient (Wildman–Crippen LogP) is 5.65. The third-order valence-electron chi connectivity index (χ3n) is 4.36. The zero-order chi connectivity index (χ0) is 18.8. The number of hydrogen-bond donors (Lipinski definition) is 1. The highest BCUT2D eigenvalue weighted by molar-refractivity contribution is 7.98. The topological polar surface area (TPSA) is 45.8 Å². The van der Waals surface area contributed by atoms with Gasteiger partial charge >= 0.3 is 0 Å². The maximum Gasteiger partial charge on any atom is 0.260 e. The Morgan fingerprint density at radius 3 is 2.70 bits per heavy atom. The van der Waals surface area contributed by atoms with Crippen LogP contribution in [-0.4, -0.2) is 9.97 Å². The zero-order valence-electron chi connectivity index (χ0n) is 14.7. The lowest BCUT2D eigenvalue weighted by molar-refractivity contribution is 0.626. The summed E-state index contributed by atoms with van der Waals surface area (Å²) in [6.07, 6.45) is 0.985. The van der Waals surface area contributed by atoms with Gasteiger partial charge < -0.3 is 4.98 Å². The molecule has 6 heteroatoms. The molecule has 0 saturated heterocycles. The smallest absolute Gasteiger partial charge is 0.260 e. The second-order valence-corrected chi connectivity index (χ2v) is 7.99. The molecule has 0 atom stereocenters. The molecule has 4 rings (SSSR count). The highest BCUT2D eigenvalue weighted by Crippen LogP contribution is 2.32. The van der Waals surface area contributed by atoms with Crippen LogP contribution in [0, 0.1) is 5.82 Å². The van der Waals surface area contributed by atoms with Gasteiger partial charge in [0.15, 0.2) is 5.16 Å². The van der Waals surface area contributed by atoms with Crippen molar-refractivity contribution >= 4 is 33.3 Å². The fraction of sp³-hybridized carbons (Fsp3) is 0.143. The molecule has 0 fully saturated rings. The van der Waals surface area contributed by atoms with E-state index in [1.54, 1.807) is 6.07 Å². The number of benzene rings is 2. The number of fused-ring (bicyclic) bond motifs is 1. The number of H-pyrrole nitrogens is 1. The molecular formula is C21H17FN2OS2. The number of nitrogens with one attached hydrogen (secondary N) is 1. The summed E-state index contributed by atoms with van der Waals surface area (Å²) in [7, 11) is 0. The molecule has 1 N–H and O–H groups in total. The quantitative estimate of drug-likeness (QED) is 0.350. The van der Waals surface area contributed by atoms with Crippen molar-refractivity contribution in [2.45, 2.75) is 24.3 Å². The summed E-state index contributed by atoms with van der Waals surface area (Å²) in [4.78, 5) is 20.8. The minimum absolute atomic E-state index is 0.141. The van der Waals surface area contributed by atoms with Crippen molar-refractivity contribution < 1.29 is 4.39 Å². The van der Waals surface area contributed by atoms with Gasteiger partial charge in [0.05, 0.1) is 5.39 Å². The van der Waals surface area contributed by atoms with Gasteiger partial charge in [-0.1, -0.05) is 55.1 Å². The van der Waals surface area contributed by atoms with Gasteiger partial charge in [-0.05, 0) is 35.2 Å². The minimum Gasteiger partial charge on any atom is -0.301 e. The molecule has 0 bridgehead atoms. The van der Waals surface area contributed by atoms with Crippen LogP contribution >= 0.6 is 23.1 Å². The van der Waals surface area contributed by atoms with Crippen molar-refractivity contribution in [3.8, 4) is 11.1 Å². The molecule has 3 nitrogen and oxygen atoms in total. The van der Waals surface area contributed by atoms with Crippen LogP contribution in [0.1, 0.15) is 18.1 Å². The van der Waals surface area contributed by atoms with Gasteiger partial charge in [-0.25, -0.2) is 9.37 Å². The fourth-order valence-electron chi connectivity index (χ4n) is 2.91. The van der Waals surface area contributed by atoms with Crippen molar-refractivity contribution in [2.24, 2.45) is 0 Å². The van der Waals surface area contributed by atoms with Crippen LogP contribution in [0.2, 0.25) is 0 Å². The molecule has 2 heterocycles. The van der Waals surface area contributed by atoms with E-state index in [0.29, 0.717) is 16.3 Å². The molecule has 0 amide bonds. The maximum absolute atomic E-state index is 13.3. The van der Waals surface area contributed by atoms with Crippen LogP contribution in [0.5, 0.6) is 0 Å². The highest BCUT2D eigenvalue weighted by Gasteiger charge is 2.13. The number of aryl methyl sites for hydroxylation is 1. The summed E-state index contributed by atoms with van der Waals surface area (Å²) in [6.45, 7) is 2.12. The number of aromatic nitrogens is 2. The molecule has 4 aromatic rings. The number of halogens is 1. The van der Waals surface area contributed by atoms with E-state index in [2.05, 4.69) is 29.0 Å². The van der Waals surface area contributed by atoms with Crippen molar-refractivity contribution in [3.05, 3.63) is 81.2 Å². The molecule has 2 aromatic carbocycles. The SMILES string of the molecule is CCc1ccc(-c2csc3nc(SCc4cccc(F)c4)[nH]c(=O)c23)cc1. The average Bonchev–Trinajstić information content (AvgIpc) is 3.11. The van der Waals surface area contributed by atoms with E-state index in [1.807, 2.05) is 23.6 Å². The van der Waals surface area contributed by atoms with Gasteiger partial charge in [0.1, 0.15) is 10.6 Å². The second kappa shape index (κ2) is 7.66. The molecule has 27 heavy (non-hydrogen) atoms. The van der Waals surface area contributed by atoms with Gasteiger partial charge in [-0.2, -0.15) is 0 Å². The summed E-state index contributed by atoms with van der Waals surface area (Å²) < 4.78 is 13.3. The molecule has 136 valence electrons. The first kappa shape index (κ1) is 17.9. The van der Waals surface area contributed by atoms with Crippen molar-refractivity contribution in [1.29, 1.82) is 0 Å². The van der Waals surface area contributed by atoms with Crippen LogP contribution in [0.15, 0.2) is 63.9 Å². The molecule has 0 spiro atoms. The van der Waals surface area contributed by atoms with Gasteiger partial charge in [0.2, 0.25) is 0 Å². The lowest BCUT2D eigenvalue weighted by Gasteiger charge is -2.04. The van der Waals surface area contributed by atoms with Gasteiger partial charge in [0, 0.05) is 16.7 Å². The monoisotopic (exact) mass is 396 g/mol. The number of aromatic amines is 1. The van der Waals surface area contributed by atoms with E-state index in [9.17, 15) is 9.18 Å². The molecule has 0 aliphatic heterocycles. The Labute approximate surface area is 164 Å². The Hall–Kier alpha value is -2.44. The van der Waals surface area contributed by atoms with Crippen LogP contribution in [0.25, 0.3) is 21.3 Å². The Bertz CT molecular complexity index is 1150. The van der Waals surface area contributed by atoms with E-state index in [1.165, 1.54) is 40.8 Å². The fourth-order valence-corrected chi connectivity index (χ4v) is 4.72. The molecule has 0 saturated carbocycles. The Kier molecular flexibility index (Phi) is 5.09. The minimum atomic E-state index is -0.262. The van der Waals surface area contributed by atoms with E-state index >= 15 is 0 Å². The maximum atomic E-state index is 13.3. The third-order valence-corrected chi connectivity index (χ3v) is 6.18. The van der Waals surface area contributed by atoms with Gasteiger partial charge in [-0.3, -0.25) is 4.79 Å². The average molecular weight is 397 g/mol. The Balaban J connectivity index is 1.64. The standard InChI is InChI=1S/C21H17FN2OS2/c1-2-13-6-8-15(9-7-13)17-12-26-20-18(17)19(25)23-21(24-20)27-11-14-4-3-5-16(22)10-14/h3-10,12H,2,11H2,1H3,(H,23,24,25). The van der Waals surface area contributed by atoms with Crippen LogP contribution in [-0.2, 0) is 12.2 Å². The number of rotatable bonds is 5. The van der Waals surface area contributed by atoms with E-state index < -0.39 is 0 Å². The van der Waals surface area contributed by atoms with Gasteiger partial charge in [-0.15, -0.1) is 11.3 Å². The molecule has 0 radical (unpaired) electrons. The normalized spacial score (nSPS) is 11.2. The van der Waals surface area contributed by atoms with E-state index in [0.717, 1.165) is 27.9 Å². The molecule has 0 unspecified atom stereocenters. The molecule has 2 aromatic heterocycles. The van der Waals surface area contributed by atoms with Crippen molar-refractivity contribution in [3.63, 3.8) is 0 Å². The Morgan fingerprint density at radius 1 is 1.15 bits per heavy atom. The second-order valence-electron chi connectivity index (χ2n) is 6.17. The lowest BCUT2D eigenvalue weighted by atomic mass is 10.0. The summed E-state index contributed by atoms with van der Waals surface area (Å²) in [5.41, 5.74) is 3.91. The van der Waals surface area contributed by atoms with Crippen LogP contribution < -0.4 is 5.56 Å². The van der Waals surface area contributed by atoms with Crippen molar-refractivity contribution in [2.75, 3.05) is 0 Å². The first-order valence-corrected chi connectivity index (χ1v) is 10.5. The van der Waals surface area contributed by atoms with Gasteiger partial charge in [0.25, 0.3) is 5.56 Å². The number of hydrogen-bond acceptors (Lipinski definition) is 4. The lowest BCUT2D eigenvalue weighted by Crippen LogP contribution is -2.08. The Morgan fingerprint density at radius 2 is 1.96 bits per heavy atom. The third kappa shape index (κ3) is 3.82. The van der Waals surface area contributed by atoms with Crippen LogP contribution in [0.3, 0.4) is 0 Å². The molecule has 0 aliphatic rings. The summed E-state index contributed by atoms with van der Waals surface area (Å²) >= 11 is 2.86. The van der Waals surface area contributed by atoms with Crippen molar-refractivity contribution in [1.82, 2.24) is 9.97 Å². The highest BCUT2D eigenvalue weighted by atomic mass is 32.2. The van der Waals surface area contributed by atoms with E-state index in [-0.39, 0.29) is 11.4 Å². The summed E-state index contributed by atoms with van der Waals surface area (Å²) in [5.74, 6) is 0.283. The predicted molar refractivity (Wildman–Crippen MR) is 111 cm³/mol. The first-order chi connectivity index (χ1) is 13.1. The zero-order valence-corrected chi connectivity index (χ0v) is 16.3. The number of thioether (sulfide) groups is 1. The summed E-state index contributed by atoms with van der Waals surface area (Å²) in [5, 5.41) is 3.15. The van der Waals surface area contributed by atoms with E-state index in [4.69, 9.17) is 0 Å². The first-order valence-electron chi connectivity index (χ1n) is 8.62.